The fraction of sp³-hybridized carbons (Fsp3) is 0.273. The smallest absolute Gasteiger partial charge is 0.320 e. The van der Waals surface area contributed by atoms with E-state index in [-0.39, 0.29) is 22.8 Å². The van der Waals surface area contributed by atoms with Crippen molar-refractivity contribution in [3.8, 4) is 0 Å². The first kappa shape index (κ1) is 21.8. The molecule has 1 saturated heterocycles. The predicted octanol–water partition coefficient (Wildman–Crippen LogP) is 5.05. The highest BCUT2D eigenvalue weighted by Crippen LogP contribution is 2.34. The van der Waals surface area contributed by atoms with Gasteiger partial charge in [0.05, 0.1) is 6.04 Å². The summed E-state index contributed by atoms with van der Waals surface area (Å²) in [5, 5.41) is 14.1. The average molecular weight is 458 g/mol. The van der Waals surface area contributed by atoms with Crippen molar-refractivity contribution in [1.82, 2.24) is 15.1 Å². The van der Waals surface area contributed by atoms with Crippen LogP contribution >= 0.6 is 11.3 Å². The summed E-state index contributed by atoms with van der Waals surface area (Å²) in [7, 11) is 0. The molecule has 3 amide bonds. The summed E-state index contributed by atoms with van der Waals surface area (Å²) in [5.74, 6) is -2.64. The number of carbonyl (C=O) groups is 2. The van der Waals surface area contributed by atoms with Crippen molar-refractivity contribution in [3.63, 3.8) is 0 Å². The van der Waals surface area contributed by atoms with Crippen LogP contribution in [-0.2, 0) is 0 Å². The molecule has 0 bridgehead atoms. The minimum atomic E-state index is -1.06. The number of nitrogens with one attached hydrogen (secondary N) is 2. The van der Waals surface area contributed by atoms with Crippen molar-refractivity contribution in [2.75, 3.05) is 17.2 Å². The molecule has 7 nitrogen and oxygen atoms in total. The van der Waals surface area contributed by atoms with Gasteiger partial charge in [0.1, 0.15) is 5.01 Å². The Morgan fingerprint density at radius 1 is 1.06 bits per heavy atom. The van der Waals surface area contributed by atoms with E-state index < -0.39 is 17.5 Å². The van der Waals surface area contributed by atoms with Gasteiger partial charge in [-0.3, -0.25) is 4.79 Å². The summed E-state index contributed by atoms with van der Waals surface area (Å²) in [6.45, 7) is 4.46. The molecule has 3 aromatic rings. The van der Waals surface area contributed by atoms with Gasteiger partial charge in [-0.25, -0.2) is 13.6 Å². The molecular formula is C22H21F2N5O2S. The van der Waals surface area contributed by atoms with Gasteiger partial charge in [0.25, 0.3) is 5.91 Å². The number of rotatable bonds is 4. The van der Waals surface area contributed by atoms with Crippen molar-refractivity contribution in [3.05, 3.63) is 69.2 Å². The van der Waals surface area contributed by atoms with Crippen LogP contribution in [0.3, 0.4) is 0 Å². The number of likely N-dealkylation sites (tertiary alicyclic amines) is 1. The van der Waals surface area contributed by atoms with Crippen LogP contribution in [0.1, 0.15) is 44.8 Å². The Bertz CT molecular complexity index is 1180. The minimum absolute atomic E-state index is 0.0755. The topological polar surface area (TPSA) is 87.2 Å². The minimum Gasteiger partial charge on any atom is -0.320 e. The van der Waals surface area contributed by atoms with Crippen molar-refractivity contribution in [1.29, 1.82) is 0 Å². The lowest BCUT2D eigenvalue weighted by atomic mass is 10.1. The van der Waals surface area contributed by atoms with Crippen LogP contribution in [0.4, 0.5) is 25.0 Å². The fourth-order valence-electron chi connectivity index (χ4n) is 3.54. The third-order valence-electron chi connectivity index (χ3n) is 5.25. The Morgan fingerprint density at radius 2 is 1.88 bits per heavy atom. The van der Waals surface area contributed by atoms with E-state index in [1.807, 2.05) is 32.0 Å². The second kappa shape index (κ2) is 8.99. The molecule has 0 unspecified atom stereocenters. The lowest BCUT2D eigenvalue weighted by molar-refractivity contribution is 0.102. The highest BCUT2D eigenvalue weighted by Gasteiger charge is 2.33. The number of nitrogens with zero attached hydrogens (tertiary/aromatic N) is 3. The largest absolute Gasteiger partial charge is 0.322 e. The Balaban J connectivity index is 1.46. The van der Waals surface area contributed by atoms with E-state index in [0.717, 1.165) is 46.7 Å². The zero-order valence-electron chi connectivity index (χ0n) is 17.5. The van der Waals surface area contributed by atoms with E-state index in [0.29, 0.717) is 18.0 Å². The third-order valence-corrected chi connectivity index (χ3v) is 6.27. The normalized spacial score (nSPS) is 15.6. The maximum Gasteiger partial charge on any atom is 0.322 e. The van der Waals surface area contributed by atoms with Crippen LogP contribution in [0, 0.1) is 25.5 Å². The van der Waals surface area contributed by atoms with Gasteiger partial charge >= 0.3 is 6.03 Å². The Hall–Kier alpha value is -3.40. The standard InChI is InChI=1S/C22H21F2N5O2S/c1-12-5-6-13(2)17(10-12)26-22(31)29-9-3-4-18(29)20-27-28-21(32-20)19(30)25-14-7-8-15(23)16(24)11-14/h5-8,10-11,18H,3-4,9H2,1-2H3,(H,25,30)(H,26,31)/t18-/m1/s1. The van der Waals surface area contributed by atoms with Crippen LogP contribution in [0.5, 0.6) is 0 Å². The van der Waals surface area contributed by atoms with Crippen LogP contribution in [0.15, 0.2) is 36.4 Å². The molecule has 166 valence electrons. The molecule has 10 heteroatoms. The zero-order valence-corrected chi connectivity index (χ0v) is 18.3. The Kier molecular flexibility index (Phi) is 6.13. The van der Waals surface area contributed by atoms with Crippen molar-refractivity contribution >= 4 is 34.6 Å². The Labute approximate surface area is 187 Å². The first-order valence-corrected chi connectivity index (χ1v) is 10.9. The number of urea groups is 1. The second-order valence-corrected chi connectivity index (χ2v) is 8.64. The third kappa shape index (κ3) is 4.59. The van der Waals surface area contributed by atoms with Crippen LogP contribution < -0.4 is 10.6 Å². The fourth-order valence-corrected chi connectivity index (χ4v) is 4.43. The number of hydrogen-bond acceptors (Lipinski definition) is 5. The van der Waals surface area contributed by atoms with Crippen LogP contribution in [0.2, 0.25) is 0 Å². The van der Waals surface area contributed by atoms with Crippen molar-refractivity contribution < 1.29 is 18.4 Å². The molecule has 4 rings (SSSR count). The summed E-state index contributed by atoms with van der Waals surface area (Å²) in [5.41, 5.74) is 2.88. The highest BCUT2D eigenvalue weighted by atomic mass is 32.1. The lowest BCUT2D eigenvalue weighted by Gasteiger charge is -2.23. The molecule has 1 atom stereocenters. The summed E-state index contributed by atoms with van der Waals surface area (Å²) in [4.78, 5) is 27.1. The van der Waals surface area contributed by atoms with Gasteiger partial charge in [-0.05, 0) is 56.0 Å². The predicted molar refractivity (Wildman–Crippen MR) is 118 cm³/mol. The van der Waals surface area contributed by atoms with E-state index >= 15 is 0 Å². The van der Waals surface area contributed by atoms with Crippen LogP contribution in [0.25, 0.3) is 0 Å². The molecule has 2 heterocycles. The molecule has 1 aliphatic heterocycles. The number of halogens is 2. The molecule has 32 heavy (non-hydrogen) atoms. The molecule has 2 aromatic carbocycles. The van der Waals surface area contributed by atoms with Gasteiger partial charge < -0.3 is 15.5 Å². The van der Waals surface area contributed by atoms with Gasteiger partial charge in [-0.2, -0.15) is 0 Å². The van der Waals surface area contributed by atoms with E-state index in [1.54, 1.807) is 4.90 Å². The van der Waals surface area contributed by atoms with Gasteiger partial charge in [-0.1, -0.05) is 23.5 Å². The lowest BCUT2D eigenvalue weighted by Crippen LogP contribution is -2.34. The molecular weight excluding hydrogens is 436 g/mol. The monoisotopic (exact) mass is 457 g/mol. The molecule has 1 fully saturated rings. The number of benzene rings is 2. The van der Waals surface area contributed by atoms with Gasteiger partial charge in [0.2, 0.25) is 5.01 Å². The summed E-state index contributed by atoms with van der Waals surface area (Å²) in [6.07, 6.45) is 1.51. The first-order chi connectivity index (χ1) is 15.3. The molecule has 1 aliphatic rings. The van der Waals surface area contributed by atoms with E-state index in [4.69, 9.17) is 0 Å². The van der Waals surface area contributed by atoms with E-state index in [2.05, 4.69) is 20.8 Å². The first-order valence-electron chi connectivity index (χ1n) is 10.1. The van der Waals surface area contributed by atoms with Gasteiger partial charge in [0, 0.05) is 24.0 Å². The maximum atomic E-state index is 13.4. The molecule has 1 aromatic heterocycles. The second-order valence-electron chi connectivity index (χ2n) is 7.63. The number of amides is 3. The van der Waals surface area contributed by atoms with E-state index in [1.165, 1.54) is 6.07 Å². The molecule has 0 spiro atoms. The highest BCUT2D eigenvalue weighted by molar-refractivity contribution is 7.13. The maximum absolute atomic E-state index is 13.4. The average Bonchev–Trinajstić information content (AvgIpc) is 3.43. The summed E-state index contributed by atoms with van der Waals surface area (Å²) in [6, 6.07) is 8.42. The number of aryl methyl sites for hydroxylation is 2. The van der Waals surface area contributed by atoms with Crippen molar-refractivity contribution in [2.24, 2.45) is 0 Å². The quantitative estimate of drug-likeness (QED) is 0.574. The van der Waals surface area contributed by atoms with Gasteiger partial charge in [-0.15, -0.1) is 10.2 Å². The zero-order chi connectivity index (χ0) is 22.8. The summed E-state index contributed by atoms with van der Waals surface area (Å²) >= 11 is 1.07. The van der Waals surface area contributed by atoms with Crippen LogP contribution in [-0.4, -0.2) is 33.6 Å². The molecule has 2 N–H and O–H groups in total. The number of hydrogen-bond donors (Lipinski definition) is 2. The van der Waals surface area contributed by atoms with E-state index in [9.17, 15) is 18.4 Å². The molecule has 0 radical (unpaired) electrons. The Morgan fingerprint density at radius 3 is 2.66 bits per heavy atom. The number of anilines is 2. The number of aromatic nitrogens is 2. The number of carbonyl (C=O) groups excluding carboxylic acids is 2. The van der Waals surface area contributed by atoms with Gasteiger partial charge in [0.15, 0.2) is 11.6 Å². The van der Waals surface area contributed by atoms with Crippen molar-refractivity contribution in [2.45, 2.75) is 32.7 Å². The SMILES string of the molecule is Cc1ccc(C)c(NC(=O)N2CCC[C@@H]2c2nnc(C(=O)Nc3ccc(F)c(F)c3)s2)c1. The summed E-state index contributed by atoms with van der Waals surface area (Å²) < 4.78 is 26.4. The molecule has 0 aliphatic carbocycles. The molecule has 0 saturated carbocycles.